The largest absolute Gasteiger partial charge is 0.460 e. The van der Waals surface area contributed by atoms with E-state index < -0.39 is 15.8 Å². The molecule has 1 aliphatic heterocycles. The Morgan fingerprint density at radius 1 is 1.31 bits per heavy atom. The molecule has 0 fully saturated rings. The van der Waals surface area contributed by atoms with E-state index in [-0.39, 0.29) is 16.4 Å². The molecule has 1 aromatic rings. The predicted octanol–water partition coefficient (Wildman–Crippen LogP) is 1.38. The fourth-order valence-corrected chi connectivity index (χ4v) is 3.00. The van der Waals surface area contributed by atoms with Crippen molar-refractivity contribution in [3.05, 3.63) is 34.7 Å². The molecule has 0 unspecified atom stereocenters. The highest BCUT2D eigenvalue weighted by atomic mass is 32.2. The zero-order chi connectivity index (χ0) is 11.8. The second kappa shape index (κ2) is 3.75. The predicted molar refractivity (Wildman–Crippen MR) is 58.2 cm³/mol. The Labute approximate surface area is 93.5 Å². The highest BCUT2D eigenvalue weighted by molar-refractivity contribution is 7.95. The van der Waals surface area contributed by atoms with Gasteiger partial charge in [0, 0.05) is 6.92 Å². The molecule has 0 radical (unpaired) electrons. The van der Waals surface area contributed by atoms with E-state index in [1.165, 1.54) is 13.0 Å². The maximum atomic E-state index is 11.9. The second-order valence-electron chi connectivity index (χ2n) is 3.43. The van der Waals surface area contributed by atoms with E-state index in [4.69, 9.17) is 4.74 Å². The van der Waals surface area contributed by atoms with E-state index in [9.17, 15) is 13.2 Å². The Kier molecular flexibility index (Phi) is 2.55. The number of hydrogen-bond acceptors (Lipinski definition) is 4. The van der Waals surface area contributed by atoms with Crippen LogP contribution in [0.15, 0.2) is 34.1 Å². The van der Waals surface area contributed by atoms with Crippen molar-refractivity contribution in [3.63, 3.8) is 0 Å². The Bertz CT molecular complexity index is 569. The molecule has 84 valence electrons. The second-order valence-corrected chi connectivity index (χ2v) is 5.40. The number of carbonyl (C=O) groups is 1. The average Bonchev–Trinajstić information content (AvgIpc) is 2.48. The zero-order valence-electron chi connectivity index (χ0n) is 8.64. The molecule has 0 amide bonds. The number of fused-ring (bicyclic) bond motifs is 1. The van der Waals surface area contributed by atoms with Gasteiger partial charge in [-0.25, -0.2) is 8.42 Å². The summed E-state index contributed by atoms with van der Waals surface area (Å²) in [5, 5.41) is 0. The van der Waals surface area contributed by atoms with Crippen molar-refractivity contribution >= 4 is 21.9 Å². The van der Waals surface area contributed by atoms with Crippen LogP contribution in [0.4, 0.5) is 0 Å². The van der Waals surface area contributed by atoms with Crippen LogP contribution in [0.5, 0.6) is 0 Å². The van der Waals surface area contributed by atoms with E-state index in [0.29, 0.717) is 5.56 Å². The van der Waals surface area contributed by atoms with Gasteiger partial charge in [-0.05, 0) is 17.7 Å². The molecule has 1 aromatic carbocycles. The van der Waals surface area contributed by atoms with Crippen LogP contribution in [0.3, 0.4) is 0 Å². The summed E-state index contributed by atoms with van der Waals surface area (Å²) in [4.78, 5) is 11.0. The monoisotopic (exact) mass is 238 g/mol. The van der Waals surface area contributed by atoms with Gasteiger partial charge < -0.3 is 4.74 Å². The van der Waals surface area contributed by atoms with Gasteiger partial charge in [0.25, 0.3) is 0 Å². The lowest BCUT2D eigenvalue weighted by atomic mass is 10.2. The first kappa shape index (κ1) is 10.9. The van der Waals surface area contributed by atoms with Crippen molar-refractivity contribution in [3.8, 4) is 0 Å². The van der Waals surface area contributed by atoms with Crippen LogP contribution in [0.25, 0.3) is 6.08 Å². The molecule has 0 saturated heterocycles. The molecular weight excluding hydrogens is 228 g/mol. The maximum Gasteiger partial charge on any atom is 0.302 e. The van der Waals surface area contributed by atoms with Gasteiger partial charge in [-0.2, -0.15) is 0 Å². The number of hydrogen-bond donors (Lipinski definition) is 0. The number of benzene rings is 1. The third-order valence-corrected chi connectivity index (χ3v) is 4.16. The molecular formula is C11H10O4S. The molecule has 0 bridgehead atoms. The van der Waals surface area contributed by atoms with Gasteiger partial charge in [0.1, 0.15) is 6.61 Å². The standard InChI is InChI=1S/C11H10O4S/c1-8(12)15-7-10-6-9-4-2-3-5-11(9)16(10,13)14/h2-6H,7H2,1H3. The Hall–Kier alpha value is -1.62. The summed E-state index contributed by atoms with van der Waals surface area (Å²) in [5.74, 6) is -0.493. The molecule has 1 heterocycles. The topological polar surface area (TPSA) is 60.4 Å². The normalized spacial score (nSPS) is 16.4. The fourth-order valence-electron chi connectivity index (χ4n) is 1.53. The third-order valence-electron chi connectivity index (χ3n) is 2.29. The van der Waals surface area contributed by atoms with Crippen LogP contribution in [-0.2, 0) is 19.4 Å². The Morgan fingerprint density at radius 3 is 2.62 bits per heavy atom. The Balaban J connectivity index is 2.36. The minimum absolute atomic E-state index is 0.129. The molecule has 0 spiro atoms. The zero-order valence-corrected chi connectivity index (χ0v) is 9.45. The van der Waals surface area contributed by atoms with Crippen molar-refractivity contribution in [2.75, 3.05) is 6.61 Å². The van der Waals surface area contributed by atoms with Gasteiger partial charge in [0.15, 0.2) is 0 Å². The summed E-state index contributed by atoms with van der Waals surface area (Å²) in [6, 6.07) is 6.69. The molecule has 0 N–H and O–H groups in total. The highest BCUT2D eigenvalue weighted by Gasteiger charge is 2.29. The smallest absolute Gasteiger partial charge is 0.302 e. The van der Waals surface area contributed by atoms with Crippen LogP contribution in [0.2, 0.25) is 0 Å². The van der Waals surface area contributed by atoms with Gasteiger partial charge in [0.2, 0.25) is 9.84 Å². The van der Waals surface area contributed by atoms with Crippen LogP contribution < -0.4 is 0 Å². The molecule has 4 nitrogen and oxygen atoms in total. The lowest BCUT2D eigenvalue weighted by Crippen LogP contribution is -2.09. The highest BCUT2D eigenvalue weighted by Crippen LogP contribution is 2.32. The lowest BCUT2D eigenvalue weighted by Gasteiger charge is -2.03. The van der Waals surface area contributed by atoms with Gasteiger partial charge in [-0.1, -0.05) is 18.2 Å². The van der Waals surface area contributed by atoms with Crippen LogP contribution in [0.1, 0.15) is 12.5 Å². The van der Waals surface area contributed by atoms with E-state index in [1.54, 1.807) is 24.3 Å². The van der Waals surface area contributed by atoms with E-state index >= 15 is 0 Å². The average molecular weight is 238 g/mol. The maximum absolute atomic E-state index is 11.9. The van der Waals surface area contributed by atoms with Gasteiger partial charge >= 0.3 is 5.97 Å². The number of ether oxygens (including phenoxy) is 1. The quantitative estimate of drug-likeness (QED) is 0.730. The van der Waals surface area contributed by atoms with Gasteiger partial charge in [-0.3, -0.25) is 4.79 Å². The molecule has 1 aliphatic rings. The summed E-state index contributed by atoms with van der Waals surface area (Å²) in [7, 11) is -3.46. The van der Waals surface area contributed by atoms with Crippen molar-refractivity contribution in [2.24, 2.45) is 0 Å². The first-order valence-corrected chi connectivity index (χ1v) is 6.18. The van der Waals surface area contributed by atoms with Crippen molar-refractivity contribution < 1.29 is 17.9 Å². The summed E-state index contributed by atoms with van der Waals surface area (Å²) >= 11 is 0. The van der Waals surface area contributed by atoms with E-state index in [0.717, 1.165) is 0 Å². The van der Waals surface area contributed by atoms with Crippen LogP contribution in [-0.4, -0.2) is 21.0 Å². The molecule has 0 aliphatic carbocycles. The first-order chi connectivity index (χ1) is 7.51. The Morgan fingerprint density at radius 2 is 2.00 bits per heavy atom. The molecule has 5 heteroatoms. The van der Waals surface area contributed by atoms with Gasteiger partial charge in [0.05, 0.1) is 9.80 Å². The third kappa shape index (κ3) is 1.74. The molecule has 0 atom stereocenters. The summed E-state index contributed by atoms with van der Waals surface area (Å²) in [6.45, 7) is 1.04. The molecule has 0 aromatic heterocycles. The summed E-state index contributed by atoms with van der Waals surface area (Å²) in [6.07, 6.45) is 1.54. The molecule has 0 saturated carbocycles. The minimum Gasteiger partial charge on any atom is -0.460 e. The SMILES string of the molecule is CC(=O)OCC1=Cc2ccccc2S1(=O)=O. The van der Waals surface area contributed by atoms with E-state index in [1.807, 2.05) is 0 Å². The van der Waals surface area contributed by atoms with Crippen molar-refractivity contribution in [1.29, 1.82) is 0 Å². The summed E-state index contributed by atoms with van der Waals surface area (Å²) < 4.78 is 28.6. The number of esters is 1. The summed E-state index contributed by atoms with van der Waals surface area (Å²) in [5.41, 5.74) is 0.643. The number of carbonyl (C=O) groups excluding carboxylic acids is 1. The minimum atomic E-state index is -3.46. The first-order valence-electron chi connectivity index (χ1n) is 4.70. The lowest BCUT2D eigenvalue weighted by molar-refractivity contribution is -0.139. The van der Waals surface area contributed by atoms with Gasteiger partial charge in [-0.15, -0.1) is 0 Å². The molecule has 2 rings (SSSR count). The molecule has 16 heavy (non-hydrogen) atoms. The fraction of sp³-hybridized carbons (Fsp3) is 0.182. The van der Waals surface area contributed by atoms with Crippen molar-refractivity contribution in [1.82, 2.24) is 0 Å². The number of rotatable bonds is 2. The van der Waals surface area contributed by atoms with Crippen molar-refractivity contribution in [2.45, 2.75) is 11.8 Å². The number of sulfone groups is 1. The van der Waals surface area contributed by atoms with Crippen LogP contribution in [0, 0.1) is 0 Å². The van der Waals surface area contributed by atoms with Crippen LogP contribution >= 0.6 is 0 Å². The van der Waals surface area contributed by atoms with E-state index in [2.05, 4.69) is 0 Å².